The van der Waals surface area contributed by atoms with Crippen molar-refractivity contribution < 1.29 is 0 Å². The van der Waals surface area contributed by atoms with Crippen LogP contribution in [-0.2, 0) is 0 Å². The molecule has 98 valence electrons. The third-order valence-electron chi connectivity index (χ3n) is 6.50. The maximum absolute atomic E-state index is 2.92. The van der Waals surface area contributed by atoms with Gasteiger partial charge in [-0.05, 0) is 69.4 Å². The predicted molar refractivity (Wildman–Crippen MR) is 79.7 cm³/mol. The molecule has 0 radical (unpaired) electrons. The lowest BCUT2D eigenvalue weighted by Gasteiger charge is -2.61. The lowest BCUT2D eigenvalue weighted by Crippen LogP contribution is -2.64. The molecule has 4 saturated carbocycles. The lowest BCUT2D eigenvalue weighted by atomic mass is 9.52. The molecule has 2 nitrogen and oxygen atoms in total. The van der Waals surface area contributed by atoms with Crippen LogP contribution in [0.2, 0.25) is 0 Å². The summed E-state index contributed by atoms with van der Waals surface area (Å²) >= 11 is 0. The van der Waals surface area contributed by atoms with Gasteiger partial charge in [0.05, 0.1) is 7.74 Å². The molecule has 4 aliphatic carbocycles. The van der Waals surface area contributed by atoms with Crippen LogP contribution in [0.3, 0.4) is 0 Å². The number of piperazine rings is 1. The van der Waals surface area contributed by atoms with Crippen LogP contribution in [0.15, 0.2) is 0 Å². The average molecular weight is 244 g/mol. The van der Waals surface area contributed by atoms with Gasteiger partial charge in [0.2, 0.25) is 0 Å². The van der Waals surface area contributed by atoms with E-state index >= 15 is 0 Å². The van der Waals surface area contributed by atoms with Crippen LogP contribution in [-0.4, -0.2) is 56.5 Å². The van der Waals surface area contributed by atoms with Gasteiger partial charge in [-0.3, -0.25) is 4.90 Å². The first kappa shape index (κ1) is 11.8. The first-order valence-corrected chi connectivity index (χ1v) is 8.25. The summed E-state index contributed by atoms with van der Waals surface area (Å²) < 4.78 is 0. The van der Waals surface area contributed by atoms with Gasteiger partial charge in [0.25, 0.3) is 0 Å². The number of nitrogens with zero attached hydrogens (tertiary/aromatic N) is 2. The van der Waals surface area contributed by atoms with Gasteiger partial charge in [0.1, 0.15) is 0 Å². The minimum absolute atomic E-state index is 0.661. The van der Waals surface area contributed by atoms with Gasteiger partial charge in [-0.15, -0.1) is 0 Å². The van der Waals surface area contributed by atoms with Crippen molar-refractivity contribution in [2.75, 3.05) is 26.2 Å². The fourth-order valence-corrected chi connectivity index (χ4v) is 5.99. The van der Waals surface area contributed by atoms with E-state index in [-0.39, 0.29) is 0 Å². The van der Waals surface area contributed by atoms with Crippen LogP contribution in [0, 0.1) is 17.8 Å². The smallest absolute Gasteiger partial charge is 0.161 e. The van der Waals surface area contributed by atoms with Crippen molar-refractivity contribution in [3.8, 4) is 0 Å². The molecule has 0 aromatic carbocycles. The topological polar surface area (TPSA) is 6.48 Å². The summed E-state index contributed by atoms with van der Waals surface area (Å²) in [6.07, 6.45) is 9.37. The van der Waals surface area contributed by atoms with Crippen molar-refractivity contribution in [3.05, 3.63) is 0 Å². The average Bonchev–Trinajstić information content (AvgIpc) is 2.37. The molecule has 0 aromatic rings. The number of rotatable bonds is 2. The molecule has 0 spiro atoms. The summed E-state index contributed by atoms with van der Waals surface area (Å²) in [5, 5.41) is 0. The highest BCUT2D eigenvalue weighted by Gasteiger charge is 2.53. The molecule has 0 aromatic heterocycles. The third kappa shape index (κ3) is 1.79. The van der Waals surface area contributed by atoms with Gasteiger partial charge in [0.15, 0.2) is 7.31 Å². The van der Waals surface area contributed by atoms with E-state index in [2.05, 4.69) is 17.4 Å². The second kappa shape index (κ2) is 4.28. The molecule has 5 rings (SSSR count). The van der Waals surface area contributed by atoms with Crippen molar-refractivity contribution >= 4 is 15.0 Å². The Morgan fingerprint density at radius 3 is 1.78 bits per heavy atom. The van der Waals surface area contributed by atoms with Gasteiger partial charge < -0.3 is 4.81 Å². The van der Waals surface area contributed by atoms with E-state index in [9.17, 15) is 0 Å². The Bertz CT molecular complexity index is 290. The normalized spacial score (nSPS) is 48.6. The van der Waals surface area contributed by atoms with E-state index in [1.165, 1.54) is 33.5 Å². The molecule has 1 heterocycles. The second-order valence-corrected chi connectivity index (χ2v) is 7.56. The second-order valence-electron chi connectivity index (χ2n) is 7.56. The summed E-state index contributed by atoms with van der Waals surface area (Å²) in [6.45, 7) is 5.33. The standard InChI is InChI=1S/C14H26B2N2/c15-16-18-3-1-17(2-4-18)14-8-11-5-12(9-14)7-13(6-11)10-14/h11-13,16H,1-10,15H2. The number of hydrogen-bond acceptors (Lipinski definition) is 2. The Morgan fingerprint density at radius 1 is 0.833 bits per heavy atom. The Labute approximate surface area is 113 Å². The van der Waals surface area contributed by atoms with Crippen LogP contribution in [0.5, 0.6) is 0 Å². The predicted octanol–water partition coefficient (Wildman–Crippen LogP) is 0.472. The molecule has 1 saturated heterocycles. The Balaban J connectivity index is 1.50. The number of hydrogen-bond donors (Lipinski definition) is 0. The molecule has 0 amide bonds. The van der Waals surface area contributed by atoms with E-state index in [1.807, 2.05) is 0 Å². The van der Waals surface area contributed by atoms with E-state index in [4.69, 9.17) is 0 Å². The minimum Gasteiger partial charge on any atom is -0.351 e. The highest BCUT2D eigenvalue weighted by molar-refractivity contribution is 6.87. The molecule has 18 heavy (non-hydrogen) atoms. The van der Waals surface area contributed by atoms with E-state index < -0.39 is 0 Å². The quantitative estimate of drug-likeness (QED) is 0.651. The summed E-state index contributed by atoms with van der Waals surface area (Å²) in [5.41, 5.74) is 0.661. The highest BCUT2D eigenvalue weighted by atomic mass is 15.3. The molecule has 5 aliphatic rings. The summed E-state index contributed by atoms with van der Waals surface area (Å²) in [7, 11) is 3.55. The molecule has 0 N–H and O–H groups in total. The maximum Gasteiger partial charge on any atom is 0.161 e. The summed E-state index contributed by atoms with van der Waals surface area (Å²) in [5.74, 6) is 3.29. The Kier molecular flexibility index (Phi) is 2.81. The zero-order chi connectivity index (χ0) is 12.2. The summed E-state index contributed by atoms with van der Waals surface area (Å²) in [6, 6.07) is 0. The van der Waals surface area contributed by atoms with Gasteiger partial charge >= 0.3 is 0 Å². The molecular weight excluding hydrogens is 218 g/mol. The SMILES string of the molecule is BBN1CCN(C23CC4CC(CC(C4)C2)C3)CC1. The van der Waals surface area contributed by atoms with Crippen LogP contribution < -0.4 is 0 Å². The molecule has 5 fully saturated rings. The van der Waals surface area contributed by atoms with Crippen molar-refractivity contribution in [1.29, 1.82) is 0 Å². The molecular formula is C14H26B2N2. The van der Waals surface area contributed by atoms with Crippen LogP contribution in [0.1, 0.15) is 38.5 Å². The van der Waals surface area contributed by atoms with Crippen LogP contribution >= 0.6 is 0 Å². The minimum atomic E-state index is 0.661. The monoisotopic (exact) mass is 244 g/mol. The van der Waals surface area contributed by atoms with Gasteiger partial charge in [-0.1, -0.05) is 0 Å². The third-order valence-corrected chi connectivity index (χ3v) is 6.50. The van der Waals surface area contributed by atoms with Crippen molar-refractivity contribution in [1.82, 2.24) is 9.71 Å². The van der Waals surface area contributed by atoms with Gasteiger partial charge in [0, 0.05) is 18.6 Å². The maximum atomic E-state index is 2.92. The molecule has 4 bridgehead atoms. The van der Waals surface area contributed by atoms with Crippen molar-refractivity contribution in [3.63, 3.8) is 0 Å². The fourth-order valence-electron chi connectivity index (χ4n) is 5.99. The highest BCUT2D eigenvalue weighted by Crippen LogP contribution is 2.57. The van der Waals surface area contributed by atoms with E-state index in [0.717, 1.165) is 17.8 Å². The largest absolute Gasteiger partial charge is 0.351 e. The molecule has 1 aliphatic heterocycles. The molecule has 0 unspecified atom stereocenters. The Hall–Kier alpha value is 0.0499. The van der Waals surface area contributed by atoms with E-state index in [0.29, 0.717) is 5.54 Å². The van der Waals surface area contributed by atoms with Gasteiger partial charge in [-0.2, -0.15) is 0 Å². The molecule has 0 atom stereocenters. The van der Waals surface area contributed by atoms with Crippen molar-refractivity contribution in [2.45, 2.75) is 44.1 Å². The molecule has 4 heteroatoms. The lowest BCUT2D eigenvalue weighted by molar-refractivity contribution is -0.0965. The first-order valence-electron chi connectivity index (χ1n) is 8.25. The first-order chi connectivity index (χ1) is 8.77. The van der Waals surface area contributed by atoms with Crippen molar-refractivity contribution in [2.24, 2.45) is 17.8 Å². The zero-order valence-electron chi connectivity index (χ0n) is 11.9. The summed E-state index contributed by atoms with van der Waals surface area (Å²) in [4.78, 5) is 5.54. The zero-order valence-corrected chi connectivity index (χ0v) is 11.9. The van der Waals surface area contributed by atoms with Gasteiger partial charge in [-0.25, -0.2) is 0 Å². The van der Waals surface area contributed by atoms with Crippen LogP contribution in [0.25, 0.3) is 0 Å². The van der Waals surface area contributed by atoms with Crippen LogP contribution in [0.4, 0.5) is 0 Å². The fraction of sp³-hybridized carbons (Fsp3) is 1.00. The van der Waals surface area contributed by atoms with E-state index in [1.54, 1.807) is 38.5 Å². The Morgan fingerprint density at radius 2 is 1.33 bits per heavy atom.